The molecular formula is C6H6FNO2. The van der Waals surface area contributed by atoms with Crippen LogP contribution in [-0.2, 0) is 4.79 Å². The maximum atomic E-state index is 11.7. The fraction of sp³-hybridized carbons (Fsp3) is 0. The van der Waals surface area contributed by atoms with Crippen LogP contribution in [0.25, 0.3) is 0 Å². The second kappa shape index (κ2) is 3.55. The van der Waals surface area contributed by atoms with Crippen molar-refractivity contribution in [3.8, 4) is 0 Å². The highest BCUT2D eigenvalue weighted by Gasteiger charge is 1.98. The lowest BCUT2D eigenvalue weighted by Crippen LogP contribution is -1.95. The Labute approximate surface area is 57.2 Å². The first-order chi connectivity index (χ1) is 4.54. The highest BCUT2D eigenvalue weighted by atomic mass is 19.1. The van der Waals surface area contributed by atoms with Gasteiger partial charge in [0, 0.05) is 0 Å². The van der Waals surface area contributed by atoms with Crippen LogP contribution >= 0.6 is 0 Å². The van der Waals surface area contributed by atoms with Crippen molar-refractivity contribution in [1.29, 1.82) is 0 Å². The number of carbonyl (C=O) groups is 1. The van der Waals surface area contributed by atoms with E-state index in [-0.39, 0.29) is 0 Å². The van der Waals surface area contributed by atoms with Gasteiger partial charge in [-0.3, -0.25) is 0 Å². The molecule has 0 aromatic heterocycles. The lowest BCUT2D eigenvalue weighted by atomic mass is 10.5. The first kappa shape index (κ1) is 8.55. The van der Waals surface area contributed by atoms with Gasteiger partial charge in [-0.05, 0) is 0 Å². The third-order valence-corrected chi connectivity index (χ3v) is 0.607. The zero-order chi connectivity index (χ0) is 8.15. The summed E-state index contributed by atoms with van der Waals surface area (Å²) in [6, 6.07) is 0. The third kappa shape index (κ3) is 3.54. The van der Waals surface area contributed by atoms with E-state index >= 15 is 0 Å². The van der Waals surface area contributed by atoms with Gasteiger partial charge in [-0.25, -0.2) is 14.2 Å². The summed E-state index contributed by atoms with van der Waals surface area (Å²) in [7, 11) is 0. The first-order valence-electron chi connectivity index (χ1n) is 2.34. The Kier molecular flexibility index (Phi) is 3.04. The molecule has 0 aliphatic rings. The van der Waals surface area contributed by atoms with Crippen LogP contribution in [0.5, 0.6) is 0 Å². The average molecular weight is 143 g/mol. The summed E-state index contributed by atoms with van der Waals surface area (Å²) in [6.07, 6.45) is 0.691. The van der Waals surface area contributed by atoms with Crippen LogP contribution in [-0.4, -0.2) is 17.3 Å². The van der Waals surface area contributed by atoms with E-state index in [1.807, 2.05) is 0 Å². The number of hydrogen-bond donors (Lipinski definition) is 1. The number of halogens is 1. The largest absolute Gasteiger partial charge is 0.477 e. The summed E-state index contributed by atoms with van der Waals surface area (Å²) in [4.78, 5) is 13.1. The van der Waals surface area contributed by atoms with Crippen molar-refractivity contribution in [2.75, 3.05) is 0 Å². The summed E-state index contributed by atoms with van der Waals surface area (Å²) in [5.41, 5.74) is -0.418. The van der Waals surface area contributed by atoms with Gasteiger partial charge in [0.15, 0.2) is 0 Å². The summed E-state index contributed by atoms with van der Waals surface area (Å²) >= 11 is 0. The minimum absolute atomic E-state index is 0.418. The third-order valence-electron chi connectivity index (χ3n) is 0.607. The number of carboxylic acids is 1. The van der Waals surface area contributed by atoms with Gasteiger partial charge in [-0.2, -0.15) is 0 Å². The zero-order valence-corrected chi connectivity index (χ0v) is 5.17. The smallest absolute Gasteiger partial charge is 0.353 e. The maximum Gasteiger partial charge on any atom is 0.353 e. The van der Waals surface area contributed by atoms with E-state index in [1.54, 1.807) is 0 Å². The summed E-state index contributed by atoms with van der Waals surface area (Å²) in [5, 5.41) is 8.13. The molecule has 54 valence electrons. The Bertz CT molecular complexity index is 208. The molecule has 0 spiro atoms. The Morgan fingerprint density at radius 2 is 2.10 bits per heavy atom. The number of aliphatic imine (C=N–C) groups is 1. The van der Waals surface area contributed by atoms with Crippen molar-refractivity contribution in [3.63, 3.8) is 0 Å². The van der Waals surface area contributed by atoms with Crippen LogP contribution in [0.15, 0.2) is 29.7 Å². The van der Waals surface area contributed by atoms with E-state index in [0.717, 1.165) is 0 Å². The van der Waals surface area contributed by atoms with E-state index < -0.39 is 17.5 Å². The second-order valence-corrected chi connectivity index (χ2v) is 1.46. The number of hydrogen-bond acceptors (Lipinski definition) is 2. The molecular weight excluding hydrogens is 137 g/mol. The minimum Gasteiger partial charge on any atom is -0.477 e. The summed E-state index contributed by atoms with van der Waals surface area (Å²) in [5.74, 6) is -2.08. The Balaban J connectivity index is 4.03. The first-order valence-corrected chi connectivity index (χ1v) is 2.34. The quantitative estimate of drug-likeness (QED) is 0.475. The van der Waals surface area contributed by atoms with Gasteiger partial charge in [-0.15, -0.1) is 0 Å². The molecule has 0 radical (unpaired) electrons. The number of allylic oxidation sites excluding steroid dienone is 1. The number of nitrogens with zero attached hydrogens (tertiary/aromatic N) is 1. The highest BCUT2D eigenvalue weighted by Crippen LogP contribution is 1.93. The fourth-order valence-electron chi connectivity index (χ4n) is 0.203. The Hall–Kier alpha value is -1.45. The van der Waals surface area contributed by atoms with Gasteiger partial charge >= 0.3 is 5.97 Å². The van der Waals surface area contributed by atoms with E-state index in [9.17, 15) is 9.18 Å². The number of rotatable bonds is 3. The molecule has 10 heavy (non-hydrogen) atoms. The van der Waals surface area contributed by atoms with Crippen LogP contribution in [0.1, 0.15) is 0 Å². The lowest BCUT2D eigenvalue weighted by molar-refractivity contribution is -0.132. The van der Waals surface area contributed by atoms with Crippen molar-refractivity contribution in [1.82, 2.24) is 0 Å². The summed E-state index contributed by atoms with van der Waals surface area (Å²) in [6.45, 7) is 5.86. The molecule has 1 N–H and O–H groups in total. The van der Waals surface area contributed by atoms with Gasteiger partial charge in [-0.1, -0.05) is 13.2 Å². The van der Waals surface area contributed by atoms with Gasteiger partial charge in [0.1, 0.15) is 11.5 Å². The molecule has 0 rings (SSSR count). The van der Waals surface area contributed by atoms with E-state index in [4.69, 9.17) is 5.11 Å². The maximum absolute atomic E-state index is 11.7. The van der Waals surface area contributed by atoms with Crippen LogP contribution in [0, 0.1) is 0 Å². The number of carboxylic acid groups (broad SMARTS) is 1. The van der Waals surface area contributed by atoms with Gasteiger partial charge < -0.3 is 5.11 Å². The zero-order valence-electron chi connectivity index (χ0n) is 5.17. The summed E-state index contributed by atoms with van der Waals surface area (Å²) < 4.78 is 11.7. The van der Waals surface area contributed by atoms with Crippen molar-refractivity contribution in [3.05, 3.63) is 24.7 Å². The fourth-order valence-corrected chi connectivity index (χ4v) is 0.203. The molecule has 4 heteroatoms. The Morgan fingerprint density at radius 1 is 1.60 bits per heavy atom. The molecule has 0 heterocycles. The van der Waals surface area contributed by atoms with Crippen LogP contribution in [0.4, 0.5) is 4.39 Å². The SMILES string of the molecule is C=C(F)C=NC(=C)C(=O)O. The van der Waals surface area contributed by atoms with E-state index in [1.165, 1.54) is 0 Å². The highest BCUT2D eigenvalue weighted by molar-refractivity contribution is 5.89. The second-order valence-electron chi connectivity index (χ2n) is 1.46. The normalized spacial score (nSPS) is 9.70. The molecule has 0 saturated carbocycles. The van der Waals surface area contributed by atoms with Crippen molar-refractivity contribution < 1.29 is 14.3 Å². The van der Waals surface area contributed by atoms with Crippen LogP contribution in [0.3, 0.4) is 0 Å². The molecule has 0 aliphatic carbocycles. The molecule has 0 saturated heterocycles. The lowest BCUT2D eigenvalue weighted by Gasteiger charge is -1.86. The monoisotopic (exact) mass is 143 g/mol. The predicted octanol–water partition coefficient (Wildman–Crippen LogP) is 1.14. The topological polar surface area (TPSA) is 49.7 Å². The molecule has 0 atom stereocenters. The van der Waals surface area contributed by atoms with Gasteiger partial charge in [0.2, 0.25) is 0 Å². The molecule has 0 bridgehead atoms. The van der Waals surface area contributed by atoms with Crippen LogP contribution in [0.2, 0.25) is 0 Å². The van der Waals surface area contributed by atoms with Crippen LogP contribution < -0.4 is 0 Å². The molecule has 3 nitrogen and oxygen atoms in total. The van der Waals surface area contributed by atoms with Crippen molar-refractivity contribution >= 4 is 12.2 Å². The average Bonchev–Trinajstić information content (AvgIpc) is 1.82. The predicted molar refractivity (Wildman–Crippen MR) is 35.5 cm³/mol. The molecule has 0 aromatic carbocycles. The van der Waals surface area contributed by atoms with Crippen molar-refractivity contribution in [2.45, 2.75) is 0 Å². The standard InChI is InChI=1S/C6H6FNO2/c1-4(7)3-8-5(2)6(9)10/h3H,1-2H2,(H,9,10). The molecule has 0 fully saturated rings. The Morgan fingerprint density at radius 3 is 2.40 bits per heavy atom. The minimum atomic E-state index is -1.28. The molecule has 0 unspecified atom stereocenters. The van der Waals surface area contributed by atoms with E-state index in [0.29, 0.717) is 6.21 Å². The molecule has 0 aliphatic heterocycles. The molecule has 0 amide bonds. The number of aliphatic carboxylic acids is 1. The van der Waals surface area contributed by atoms with E-state index in [2.05, 4.69) is 18.2 Å². The molecule has 0 aromatic rings. The van der Waals surface area contributed by atoms with Gasteiger partial charge in [0.05, 0.1) is 6.21 Å². The van der Waals surface area contributed by atoms with Gasteiger partial charge in [0.25, 0.3) is 0 Å². The van der Waals surface area contributed by atoms with Crippen molar-refractivity contribution in [2.24, 2.45) is 4.99 Å².